The minimum atomic E-state index is -3.98. The van der Waals surface area contributed by atoms with Crippen LogP contribution in [0.15, 0.2) is 23.1 Å². The molecule has 1 atom stereocenters. The Morgan fingerprint density at radius 3 is 2.52 bits per heavy atom. The fraction of sp³-hybridized carbons (Fsp3) is 0.500. The molecule has 9 heteroatoms. The molecule has 0 aliphatic rings. The van der Waals surface area contributed by atoms with Gasteiger partial charge in [0.25, 0.3) is 5.69 Å². The fourth-order valence-electron chi connectivity index (χ4n) is 1.62. The summed E-state index contributed by atoms with van der Waals surface area (Å²) in [6.45, 7) is 3.85. The van der Waals surface area contributed by atoms with Crippen molar-refractivity contribution in [2.24, 2.45) is 5.92 Å². The molecule has 1 unspecified atom stereocenters. The molecular weight excluding hydrogens is 320 g/mol. The van der Waals surface area contributed by atoms with Crippen LogP contribution >= 0.6 is 11.6 Å². The van der Waals surface area contributed by atoms with Crippen molar-refractivity contribution in [1.29, 1.82) is 0 Å². The molecule has 0 heterocycles. The van der Waals surface area contributed by atoms with Crippen LogP contribution in [0.1, 0.15) is 13.8 Å². The predicted molar refractivity (Wildman–Crippen MR) is 78.9 cm³/mol. The summed E-state index contributed by atoms with van der Waals surface area (Å²) in [4.78, 5) is 9.76. The topological polar surface area (TPSA) is 98.5 Å². The first-order valence-electron chi connectivity index (χ1n) is 6.14. The monoisotopic (exact) mass is 336 g/mol. The van der Waals surface area contributed by atoms with Gasteiger partial charge in [-0.25, -0.2) is 13.1 Å². The van der Waals surface area contributed by atoms with Crippen molar-refractivity contribution >= 4 is 27.3 Å². The Labute approximate surface area is 128 Å². The van der Waals surface area contributed by atoms with Crippen LogP contribution in [0.5, 0.6) is 0 Å². The van der Waals surface area contributed by atoms with Crippen LogP contribution < -0.4 is 4.72 Å². The van der Waals surface area contributed by atoms with E-state index in [9.17, 15) is 18.5 Å². The van der Waals surface area contributed by atoms with Gasteiger partial charge >= 0.3 is 0 Å². The molecule has 0 saturated heterocycles. The lowest BCUT2D eigenvalue weighted by Gasteiger charge is -2.21. The molecule has 1 N–H and O–H groups in total. The molecule has 0 bridgehead atoms. The molecule has 0 spiro atoms. The molecule has 0 saturated carbocycles. The summed E-state index contributed by atoms with van der Waals surface area (Å²) in [6, 6.07) is 2.82. The number of hydrogen-bond donors (Lipinski definition) is 1. The number of nitro benzene ring substituents is 1. The summed E-state index contributed by atoms with van der Waals surface area (Å²) < 4.78 is 32.1. The molecule has 0 aromatic heterocycles. The van der Waals surface area contributed by atoms with E-state index in [4.69, 9.17) is 16.3 Å². The first-order chi connectivity index (χ1) is 9.69. The SMILES string of the molecule is COCC(NS(=O)(=O)c1cc([N+](=O)[O-])ccc1Cl)C(C)C. The maximum Gasteiger partial charge on any atom is 0.270 e. The lowest BCUT2D eigenvalue weighted by molar-refractivity contribution is -0.385. The average molecular weight is 337 g/mol. The Hall–Kier alpha value is -1.22. The van der Waals surface area contributed by atoms with E-state index in [0.717, 1.165) is 12.1 Å². The molecule has 0 radical (unpaired) electrons. The molecular formula is C12H17ClN2O5S. The van der Waals surface area contributed by atoms with Crippen molar-refractivity contribution in [1.82, 2.24) is 4.72 Å². The van der Waals surface area contributed by atoms with Gasteiger partial charge in [0.2, 0.25) is 10.0 Å². The van der Waals surface area contributed by atoms with Crippen LogP contribution in [-0.4, -0.2) is 33.1 Å². The van der Waals surface area contributed by atoms with E-state index in [1.807, 2.05) is 13.8 Å². The maximum atomic E-state index is 12.3. The van der Waals surface area contributed by atoms with Gasteiger partial charge in [-0.3, -0.25) is 10.1 Å². The second kappa shape index (κ2) is 7.17. The number of nitrogens with one attached hydrogen (secondary N) is 1. The number of methoxy groups -OCH3 is 1. The lowest BCUT2D eigenvalue weighted by Crippen LogP contribution is -2.41. The third-order valence-electron chi connectivity index (χ3n) is 2.87. The van der Waals surface area contributed by atoms with Gasteiger partial charge < -0.3 is 4.74 Å². The number of nitrogens with zero attached hydrogens (tertiary/aromatic N) is 1. The Balaban J connectivity index is 3.18. The van der Waals surface area contributed by atoms with Gasteiger partial charge in [-0.15, -0.1) is 0 Å². The Bertz CT molecular complexity index is 618. The van der Waals surface area contributed by atoms with Crippen LogP contribution in [0.4, 0.5) is 5.69 Å². The highest BCUT2D eigenvalue weighted by Crippen LogP contribution is 2.26. The van der Waals surface area contributed by atoms with E-state index in [2.05, 4.69) is 4.72 Å². The number of non-ortho nitro benzene ring substituents is 1. The first kappa shape index (κ1) is 17.8. The highest BCUT2D eigenvalue weighted by molar-refractivity contribution is 7.89. The quantitative estimate of drug-likeness (QED) is 0.608. The van der Waals surface area contributed by atoms with Crippen molar-refractivity contribution < 1.29 is 18.1 Å². The molecule has 0 amide bonds. The van der Waals surface area contributed by atoms with Gasteiger partial charge in [0, 0.05) is 25.3 Å². The van der Waals surface area contributed by atoms with Gasteiger partial charge in [-0.05, 0) is 12.0 Å². The van der Waals surface area contributed by atoms with E-state index in [1.165, 1.54) is 13.2 Å². The smallest absolute Gasteiger partial charge is 0.270 e. The number of nitro groups is 1. The van der Waals surface area contributed by atoms with Crippen molar-refractivity contribution in [3.05, 3.63) is 33.3 Å². The van der Waals surface area contributed by atoms with Gasteiger partial charge in [0.1, 0.15) is 4.90 Å². The summed E-state index contributed by atoms with van der Waals surface area (Å²) >= 11 is 5.85. The molecule has 7 nitrogen and oxygen atoms in total. The number of rotatable bonds is 7. The number of sulfonamides is 1. The Kier molecular flexibility index (Phi) is 6.09. The molecule has 0 fully saturated rings. The van der Waals surface area contributed by atoms with Gasteiger partial charge in [0.05, 0.1) is 16.6 Å². The van der Waals surface area contributed by atoms with Gasteiger partial charge in [0.15, 0.2) is 0 Å². The zero-order valence-corrected chi connectivity index (χ0v) is 13.4. The third kappa shape index (κ3) is 4.63. The summed E-state index contributed by atoms with van der Waals surface area (Å²) in [5.74, 6) is -0.0165. The van der Waals surface area contributed by atoms with Crippen molar-refractivity contribution in [2.75, 3.05) is 13.7 Å². The summed E-state index contributed by atoms with van der Waals surface area (Å²) in [5.41, 5.74) is -0.340. The van der Waals surface area contributed by atoms with Crippen molar-refractivity contribution in [2.45, 2.75) is 24.8 Å². The molecule has 1 aromatic rings. The van der Waals surface area contributed by atoms with Crippen LogP contribution in [0, 0.1) is 16.0 Å². The first-order valence-corrected chi connectivity index (χ1v) is 8.00. The minimum absolute atomic E-state index is 0.0165. The fourth-order valence-corrected chi connectivity index (χ4v) is 3.51. The number of hydrogen-bond acceptors (Lipinski definition) is 5. The van der Waals surface area contributed by atoms with Crippen LogP contribution in [-0.2, 0) is 14.8 Å². The highest BCUT2D eigenvalue weighted by atomic mass is 35.5. The van der Waals surface area contributed by atoms with Crippen molar-refractivity contribution in [3.63, 3.8) is 0 Å². The summed E-state index contributed by atoms with van der Waals surface area (Å²) in [7, 11) is -2.52. The van der Waals surface area contributed by atoms with E-state index >= 15 is 0 Å². The second-order valence-corrected chi connectivity index (χ2v) is 6.89. The van der Waals surface area contributed by atoms with Crippen LogP contribution in [0.3, 0.4) is 0 Å². The maximum absolute atomic E-state index is 12.3. The largest absolute Gasteiger partial charge is 0.383 e. The molecule has 21 heavy (non-hydrogen) atoms. The zero-order chi connectivity index (χ0) is 16.2. The molecule has 118 valence electrons. The summed E-state index contributed by atoms with van der Waals surface area (Å²) in [5, 5.41) is 10.7. The number of halogens is 1. The highest BCUT2D eigenvalue weighted by Gasteiger charge is 2.26. The normalized spacial score (nSPS) is 13.4. The van der Waals surface area contributed by atoms with Crippen LogP contribution in [0.2, 0.25) is 5.02 Å². The standard InChI is InChI=1S/C12H17ClN2O5S/c1-8(2)11(7-20-3)14-21(18,19)12-6-9(15(16)17)4-5-10(12)13/h4-6,8,11,14H,7H2,1-3H3. The molecule has 0 aliphatic heterocycles. The molecule has 1 rings (SSSR count). The number of ether oxygens (including phenoxy) is 1. The van der Waals surface area contributed by atoms with Gasteiger partial charge in [-0.1, -0.05) is 25.4 Å². The minimum Gasteiger partial charge on any atom is -0.383 e. The van der Waals surface area contributed by atoms with E-state index in [-0.39, 0.29) is 28.1 Å². The predicted octanol–water partition coefficient (Wildman–Crippen LogP) is 2.20. The zero-order valence-electron chi connectivity index (χ0n) is 11.9. The Morgan fingerprint density at radius 1 is 1.43 bits per heavy atom. The third-order valence-corrected chi connectivity index (χ3v) is 4.84. The van der Waals surface area contributed by atoms with E-state index < -0.39 is 21.0 Å². The number of benzene rings is 1. The second-order valence-electron chi connectivity index (χ2n) is 4.80. The Morgan fingerprint density at radius 2 is 2.05 bits per heavy atom. The van der Waals surface area contributed by atoms with E-state index in [0.29, 0.717) is 0 Å². The molecule has 1 aromatic carbocycles. The summed E-state index contributed by atoms with van der Waals surface area (Å²) in [6.07, 6.45) is 0. The van der Waals surface area contributed by atoms with E-state index in [1.54, 1.807) is 0 Å². The molecule has 0 aliphatic carbocycles. The van der Waals surface area contributed by atoms with Gasteiger partial charge in [-0.2, -0.15) is 0 Å². The van der Waals surface area contributed by atoms with Crippen molar-refractivity contribution in [3.8, 4) is 0 Å². The lowest BCUT2D eigenvalue weighted by atomic mass is 10.1. The average Bonchev–Trinajstić information content (AvgIpc) is 2.37. The van der Waals surface area contributed by atoms with Crippen LogP contribution in [0.25, 0.3) is 0 Å².